The Labute approximate surface area is 116 Å². The van der Waals surface area contributed by atoms with Crippen molar-refractivity contribution in [2.45, 2.75) is 59.4 Å². The lowest BCUT2D eigenvalue weighted by Gasteiger charge is -2.31. The quantitative estimate of drug-likeness (QED) is 0.782. The Morgan fingerprint density at radius 2 is 2.00 bits per heavy atom. The topological polar surface area (TPSA) is 12.0 Å². The monoisotopic (exact) mass is 265 g/mol. The molecule has 2 heteroatoms. The van der Waals surface area contributed by atoms with Crippen molar-refractivity contribution >= 4 is 11.3 Å². The molecule has 0 atom stereocenters. The van der Waals surface area contributed by atoms with Crippen LogP contribution in [0.3, 0.4) is 0 Å². The van der Waals surface area contributed by atoms with E-state index in [-0.39, 0.29) is 0 Å². The normalized spacial score (nSPS) is 18.7. The van der Waals surface area contributed by atoms with Crippen LogP contribution in [0.4, 0.5) is 0 Å². The molecule has 1 aromatic rings. The fraction of sp³-hybridized carbons (Fsp3) is 0.750. The van der Waals surface area contributed by atoms with Crippen LogP contribution >= 0.6 is 11.3 Å². The molecule has 0 unspecified atom stereocenters. The summed E-state index contributed by atoms with van der Waals surface area (Å²) in [6.45, 7) is 9.18. The van der Waals surface area contributed by atoms with Gasteiger partial charge in [0.2, 0.25) is 0 Å². The highest BCUT2D eigenvalue weighted by molar-refractivity contribution is 7.11. The van der Waals surface area contributed by atoms with E-state index in [1.165, 1.54) is 48.4 Å². The molecule has 1 saturated carbocycles. The standard InChI is InChI=1S/C16H27NS/c1-13(2)10-16(8-4-5-9-16)12-17-11-15-7-6-14(3)18-15/h6-7,13,17H,4-5,8-12H2,1-3H3. The molecule has 2 rings (SSSR count). The first kappa shape index (κ1) is 14.1. The van der Waals surface area contributed by atoms with Crippen LogP contribution in [-0.2, 0) is 6.54 Å². The smallest absolute Gasteiger partial charge is 0.0300 e. The zero-order valence-corrected chi connectivity index (χ0v) is 12.9. The van der Waals surface area contributed by atoms with Crippen molar-refractivity contribution in [1.82, 2.24) is 5.32 Å². The van der Waals surface area contributed by atoms with Gasteiger partial charge in [0.05, 0.1) is 0 Å². The second-order valence-electron chi connectivity index (χ2n) is 6.42. The minimum Gasteiger partial charge on any atom is -0.311 e. The van der Waals surface area contributed by atoms with Gasteiger partial charge in [0.1, 0.15) is 0 Å². The minimum atomic E-state index is 0.598. The van der Waals surface area contributed by atoms with E-state index >= 15 is 0 Å². The summed E-state index contributed by atoms with van der Waals surface area (Å²) in [6, 6.07) is 4.48. The van der Waals surface area contributed by atoms with Crippen molar-refractivity contribution < 1.29 is 0 Å². The average Bonchev–Trinajstić information content (AvgIpc) is 2.88. The maximum absolute atomic E-state index is 3.71. The first-order chi connectivity index (χ1) is 8.60. The Hall–Kier alpha value is -0.340. The van der Waals surface area contributed by atoms with Gasteiger partial charge in [-0.3, -0.25) is 0 Å². The van der Waals surface area contributed by atoms with Crippen LogP contribution in [0.5, 0.6) is 0 Å². The molecule has 0 spiro atoms. The van der Waals surface area contributed by atoms with E-state index in [9.17, 15) is 0 Å². The lowest BCUT2D eigenvalue weighted by molar-refractivity contribution is 0.224. The molecule has 18 heavy (non-hydrogen) atoms. The maximum atomic E-state index is 3.71. The summed E-state index contributed by atoms with van der Waals surface area (Å²) >= 11 is 1.92. The molecule has 0 radical (unpaired) electrons. The maximum Gasteiger partial charge on any atom is 0.0300 e. The second-order valence-corrected chi connectivity index (χ2v) is 7.79. The van der Waals surface area contributed by atoms with Crippen LogP contribution in [-0.4, -0.2) is 6.54 Å². The highest BCUT2D eigenvalue weighted by atomic mass is 32.1. The van der Waals surface area contributed by atoms with E-state index in [0.717, 1.165) is 12.5 Å². The minimum absolute atomic E-state index is 0.598. The van der Waals surface area contributed by atoms with Crippen molar-refractivity contribution in [3.8, 4) is 0 Å². The molecule has 0 saturated heterocycles. The summed E-state index contributed by atoms with van der Waals surface area (Å²) in [4.78, 5) is 2.90. The highest BCUT2D eigenvalue weighted by Crippen LogP contribution is 2.42. The zero-order valence-electron chi connectivity index (χ0n) is 12.1. The van der Waals surface area contributed by atoms with Crippen LogP contribution in [0.2, 0.25) is 0 Å². The molecule has 0 aliphatic heterocycles. The number of rotatable bonds is 6. The van der Waals surface area contributed by atoms with E-state index in [2.05, 4.69) is 38.2 Å². The van der Waals surface area contributed by atoms with Crippen molar-refractivity contribution in [2.75, 3.05) is 6.54 Å². The Balaban J connectivity index is 1.82. The number of hydrogen-bond acceptors (Lipinski definition) is 2. The fourth-order valence-electron chi connectivity index (χ4n) is 3.48. The Kier molecular flexibility index (Phi) is 4.85. The SMILES string of the molecule is Cc1ccc(CNCC2(CC(C)C)CCCC2)s1. The number of hydrogen-bond donors (Lipinski definition) is 1. The summed E-state index contributed by atoms with van der Waals surface area (Å²) in [6.07, 6.45) is 7.13. The molecular weight excluding hydrogens is 238 g/mol. The first-order valence-corrected chi connectivity index (χ1v) is 8.17. The average molecular weight is 265 g/mol. The summed E-state index contributed by atoms with van der Waals surface area (Å²) in [5.74, 6) is 0.828. The third-order valence-electron chi connectivity index (χ3n) is 4.10. The van der Waals surface area contributed by atoms with Gasteiger partial charge in [-0.2, -0.15) is 0 Å². The van der Waals surface area contributed by atoms with Gasteiger partial charge in [-0.15, -0.1) is 11.3 Å². The molecule has 1 aliphatic rings. The van der Waals surface area contributed by atoms with Crippen LogP contribution in [0, 0.1) is 18.3 Å². The summed E-state index contributed by atoms with van der Waals surface area (Å²) in [7, 11) is 0. The lowest BCUT2D eigenvalue weighted by atomic mass is 9.78. The lowest BCUT2D eigenvalue weighted by Crippen LogP contribution is -2.32. The predicted molar refractivity (Wildman–Crippen MR) is 81.1 cm³/mol. The summed E-state index contributed by atoms with van der Waals surface area (Å²) in [5.41, 5.74) is 0.598. The van der Waals surface area contributed by atoms with Gasteiger partial charge in [-0.25, -0.2) is 0 Å². The van der Waals surface area contributed by atoms with Gasteiger partial charge in [0.15, 0.2) is 0 Å². The van der Waals surface area contributed by atoms with Gasteiger partial charge in [-0.05, 0) is 49.7 Å². The van der Waals surface area contributed by atoms with Crippen molar-refractivity contribution in [2.24, 2.45) is 11.3 Å². The second kappa shape index (κ2) is 6.21. The first-order valence-electron chi connectivity index (χ1n) is 7.36. The third kappa shape index (κ3) is 3.83. The number of thiophene rings is 1. The van der Waals surface area contributed by atoms with E-state index in [0.29, 0.717) is 5.41 Å². The summed E-state index contributed by atoms with van der Waals surface area (Å²) in [5, 5.41) is 3.71. The third-order valence-corrected chi connectivity index (χ3v) is 5.10. The van der Waals surface area contributed by atoms with E-state index in [1.54, 1.807) is 0 Å². The molecule has 0 bridgehead atoms. The van der Waals surface area contributed by atoms with Crippen LogP contribution in [0.15, 0.2) is 12.1 Å². The van der Waals surface area contributed by atoms with Crippen LogP contribution < -0.4 is 5.32 Å². The highest BCUT2D eigenvalue weighted by Gasteiger charge is 2.33. The van der Waals surface area contributed by atoms with Crippen molar-refractivity contribution in [1.29, 1.82) is 0 Å². The molecule has 0 aromatic carbocycles. The Morgan fingerprint density at radius 1 is 1.28 bits per heavy atom. The molecular formula is C16H27NS. The molecule has 1 nitrogen and oxygen atoms in total. The molecule has 1 aliphatic carbocycles. The molecule has 1 heterocycles. The number of nitrogens with one attached hydrogen (secondary N) is 1. The molecule has 1 fully saturated rings. The largest absolute Gasteiger partial charge is 0.311 e. The van der Waals surface area contributed by atoms with E-state index in [4.69, 9.17) is 0 Å². The predicted octanol–water partition coefficient (Wildman–Crippen LogP) is 4.75. The summed E-state index contributed by atoms with van der Waals surface area (Å²) < 4.78 is 0. The van der Waals surface area contributed by atoms with Crippen molar-refractivity contribution in [3.63, 3.8) is 0 Å². The van der Waals surface area contributed by atoms with E-state index < -0.39 is 0 Å². The van der Waals surface area contributed by atoms with Crippen LogP contribution in [0.25, 0.3) is 0 Å². The molecule has 0 amide bonds. The molecule has 1 N–H and O–H groups in total. The Bertz CT molecular complexity index is 361. The fourth-order valence-corrected chi connectivity index (χ4v) is 4.34. The van der Waals surface area contributed by atoms with Crippen LogP contribution in [0.1, 0.15) is 55.7 Å². The van der Waals surface area contributed by atoms with Gasteiger partial charge in [0.25, 0.3) is 0 Å². The van der Waals surface area contributed by atoms with Crippen molar-refractivity contribution in [3.05, 3.63) is 21.9 Å². The van der Waals surface area contributed by atoms with Gasteiger partial charge in [0, 0.05) is 22.8 Å². The van der Waals surface area contributed by atoms with Gasteiger partial charge in [-0.1, -0.05) is 26.7 Å². The van der Waals surface area contributed by atoms with E-state index in [1.807, 2.05) is 11.3 Å². The molecule has 1 aromatic heterocycles. The zero-order chi connectivity index (χ0) is 13.0. The van der Waals surface area contributed by atoms with Gasteiger partial charge >= 0.3 is 0 Å². The van der Waals surface area contributed by atoms with Gasteiger partial charge < -0.3 is 5.32 Å². The Morgan fingerprint density at radius 3 is 2.56 bits per heavy atom. The number of aryl methyl sites for hydroxylation is 1. The molecule has 102 valence electrons.